The SMILES string of the molecule is Cc1cc(N2CCCN(C(=O)C3CCCc4c3[nH]c3ccccc43)CC2)ccn1.O=CO. The molecular formula is C25H30N4O3. The van der Waals surface area contributed by atoms with Crippen LogP contribution in [0.3, 0.4) is 0 Å². The zero-order chi connectivity index (χ0) is 22.5. The molecule has 168 valence electrons. The Bertz CT molecular complexity index is 1090. The van der Waals surface area contributed by atoms with Gasteiger partial charge in [-0.15, -0.1) is 0 Å². The third-order valence-electron chi connectivity index (χ3n) is 6.47. The molecule has 0 spiro atoms. The molecule has 2 aromatic heterocycles. The number of hydrogen-bond acceptors (Lipinski definition) is 4. The molecule has 3 aromatic rings. The third-order valence-corrected chi connectivity index (χ3v) is 6.47. The summed E-state index contributed by atoms with van der Waals surface area (Å²) in [6, 6.07) is 12.7. The lowest BCUT2D eigenvalue weighted by Gasteiger charge is -2.29. The number of amides is 1. The number of rotatable bonds is 2. The molecule has 7 heteroatoms. The Morgan fingerprint density at radius 3 is 2.78 bits per heavy atom. The van der Waals surface area contributed by atoms with Crippen LogP contribution in [-0.4, -0.2) is 58.5 Å². The molecule has 32 heavy (non-hydrogen) atoms. The molecule has 1 fully saturated rings. The van der Waals surface area contributed by atoms with Gasteiger partial charge >= 0.3 is 0 Å². The Hall–Kier alpha value is -3.35. The summed E-state index contributed by atoms with van der Waals surface area (Å²) in [6.45, 7) is 5.26. The fraction of sp³-hybridized carbons (Fsp3) is 0.400. The maximum absolute atomic E-state index is 13.5. The highest BCUT2D eigenvalue weighted by Crippen LogP contribution is 2.37. The van der Waals surface area contributed by atoms with E-state index in [2.05, 4.69) is 56.2 Å². The number of para-hydroxylation sites is 1. The third kappa shape index (κ3) is 4.47. The molecule has 7 nitrogen and oxygen atoms in total. The Balaban J connectivity index is 0.000000775. The topological polar surface area (TPSA) is 89.5 Å². The monoisotopic (exact) mass is 434 g/mol. The Kier molecular flexibility index (Phi) is 6.73. The lowest BCUT2D eigenvalue weighted by atomic mass is 9.86. The highest BCUT2D eigenvalue weighted by Gasteiger charge is 2.33. The van der Waals surface area contributed by atoms with Crippen molar-refractivity contribution in [3.8, 4) is 0 Å². The number of aromatic nitrogens is 2. The summed E-state index contributed by atoms with van der Waals surface area (Å²) < 4.78 is 0. The average Bonchev–Trinajstić information content (AvgIpc) is 3.00. The van der Waals surface area contributed by atoms with Crippen molar-refractivity contribution < 1.29 is 14.7 Å². The molecule has 0 saturated carbocycles. The van der Waals surface area contributed by atoms with Gasteiger partial charge in [-0.3, -0.25) is 14.6 Å². The molecule has 1 saturated heterocycles. The van der Waals surface area contributed by atoms with Crippen LogP contribution in [-0.2, 0) is 16.0 Å². The van der Waals surface area contributed by atoms with Crippen LogP contribution in [0.25, 0.3) is 10.9 Å². The van der Waals surface area contributed by atoms with Crippen LogP contribution < -0.4 is 4.90 Å². The number of fused-ring (bicyclic) bond motifs is 3. The largest absolute Gasteiger partial charge is 0.483 e. The smallest absolute Gasteiger partial charge is 0.290 e. The average molecular weight is 435 g/mol. The van der Waals surface area contributed by atoms with Crippen LogP contribution in [0.4, 0.5) is 5.69 Å². The van der Waals surface area contributed by atoms with Crippen LogP contribution in [0.15, 0.2) is 42.6 Å². The molecule has 1 amide bonds. The van der Waals surface area contributed by atoms with E-state index in [1.54, 1.807) is 0 Å². The zero-order valence-corrected chi connectivity index (χ0v) is 18.5. The van der Waals surface area contributed by atoms with Crippen LogP contribution in [0.5, 0.6) is 0 Å². The second-order valence-electron chi connectivity index (χ2n) is 8.43. The predicted molar refractivity (Wildman–Crippen MR) is 125 cm³/mol. The van der Waals surface area contributed by atoms with Crippen LogP contribution in [0.1, 0.15) is 42.1 Å². The van der Waals surface area contributed by atoms with Gasteiger partial charge in [0.05, 0.1) is 5.92 Å². The summed E-state index contributed by atoms with van der Waals surface area (Å²) in [5.74, 6) is 0.270. The lowest BCUT2D eigenvalue weighted by Crippen LogP contribution is -2.39. The van der Waals surface area contributed by atoms with E-state index < -0.39 is 0 Å². The van der Waals surface area contributed by atoms with E-state index >= 15 is 0 Å². The normalized spacial score (nSPS) is 18.3. The van der Waals surface area contributed by atoms with Gasteiger partial charge in [0, 0.05) is 60.4 Å². The summed E-state index contributed by atoms with van der Waals surface area (Å²) >= 11 is 0. The lowest BCUT2D eigenvalue weighted by molar-refractivity contribution is -0.133. The first-order valence-corrected chi connectivity index (χ1v) is 11.3. The first-order chi connectivity index (χ1) is 15.6. The number of nitrogens with zero attached hydrogens (tertiary/aromatic N) is 3. The number of benzene rings is 1. The molecule has 2 aliphatic rings. The van der Waals surface area contributed by atoms with Crippen molar-refractivity contribution in [3.63, 3.8) is 0 Å². The van der Waals surface area contributed by atoms with Crippen molar-refractivity contribution >= 4 is 29.0 Å². The zero-order valence-electron chi connectivity index (χ0n) is 18.5. The van der Waals surface area contributed by atoms with Gasteiger partial charge < -0.3 is 19.9 Å². The van der Waals surface area contributed by atoms with Crippen molar-refractivity contribution in [3.05, 3.63) is 59.5 Å². The van der Waals surface area contributed by atoms with E-state index in [9.17, 15) is 4.79 Å². The summed E-state index contributed by atoms with van der Waals surface area (Å²) in [7, 11) is 0. The van der Waals surface area contributed by atoms with Crippen molar-refractivity contribution in [2.24, 2.45) is 0 Å². The van der Waals surface area contributed by atoms with E-state index in [4.69, 9.17) is 9.90 Å². The Morgan fingerprint density at radius 1 is 1.16 bits per heavy atom. The number of carbonyl (C=O) groups excluding carboxylic acids is 1. The van der Waals surface area contributed by atoms with Gasteiger partial charge in [0.25, 0.3) is 6.47 Å². The van der Waals surface area contributed by atoms with Crippen molar-refractivity contribution in [1.82, 2.24) is 14.9 Å². The van der Waals surface area contributed by atoms with Crippen molar-refractivity contribution in [1.29, 1.82) is 0 Å². The van der Waals surface area contributed by atoms with Crippen molar-refractivity contribution in [2.45, 2.75) is 38.5 Å². The summed E-state index contributed by atoms with van der Waals surface area (Å²) in [5.41, 5.74) is 5.92. The molecule has 1 aliphatic heterocycles. The highest BCUT2D eigenvalue weighted by molar-refractivity contribution is 5.90. The fourth-order valence-electron chi connectivity index (χ4n) is 5.01. The molecule has 0 radical (unpaired) electrons. The van der Waals surface area contributed by atoms with Gasteiger partial charge in [-0.1, -0.05) is 18.2 Å². The highest BCUT2D eigenvalue weighted by atomic mass is 16.3. The molecule has 3 heterocycles. The molecule has 1 unspecified atom stereocenters. The molecule has 1 aliphatic carbocycles. The number of anilines is 1. The number of aryl methyl sites for hydroxylation is 2. The Labute approximate surface area is 188 Å². The van der Waals surface area contributed by atoms with E-state index in [0.29, 0.717) is 5.91 Å². The van der Waals surface area contributed by atoms with E-state index in [1.165, 1.54) is 16.6 Å². The quantitative estimate of drug-likeness (QED) is 0.600. The van der Waals surface area contributed by atoms with Gasteiger partial charge in [0.15, 0.2) is 0 Å². The molecule has 2 N–H and O–H groups in total. The van der Waals surface area contributed by atoms with Gasteiger partial charge in [0.2, 0.25) is 5.91 Å². The number of carboxylic acid groups (broad SMARTS) is 1. The van der Waals surface area contributed by atoms with Crippen LogP contribution >= 0.6 is 0 Å². The van der Waals surface area contributed by atoms with Gasteiger partial charge in [-0.2, -0.15) is 0 Å². The number of aromatic amines is 1. The molecule has 0 bridgehead atoms. The Morgan fingerprint density at radius 2 is 1.97 bits per heavy atom. The first-order valence-electron chi connectivity index (χ1n) is 11.3. The summed E-state index contributed by atoms with van der Waals surface area (Å²) in [4.78, 5) is 34.2. The first kappa shape index (κ1) is 21.9. The molecule has 1 atom stereocenters. The number of hydrogen-bond donors (Lipinski definition) is 2. The van der Waals surface area contributed by atoms with Gasteiger partial charge in [0.1, 0.15) is 0 Å². The second-order valence-corrected chi connectivity index (χ2v) is 8.43. The number of pyridine rings is 1. The maximum Gasteiger partial charge on any atom is 0.290 e. The number of carbonyl (C=O) groups is 2. The van der Waals surface area contributed by atoms with Crippen molar-refractivity contribution in [2.75, 3.05) is 31.1 Å². The van der Waals surface area contributed by atoms with E-state index in [0.717, 1.165) is 68.8 Å². The molecule has 1 aromatic carbocycles. The molecule has 5 rings (SSSR count). The standard InChI is InChI=1S/C24H28N4O.CH2O2/c1-17-16-18(10-11-25-17)27-12-5-13-28(15-14-27)24(29)21-8-4-7-20-19-6-2-3-9-22(19)26-23(20)21;2-1-3/h2-3,6,9-11,16,21,26H,4-5,7-8,12-15H2,1H3;1H,(H,2,3). The predicted octanol–water partition coefficient (Wildman–Crippen LogP) is 3.73. The van der Waals surface area contributed by atoms with E-state index in [-0.39, 0.29) is 12.4 Å². The molecular weight excluding hydrogens is 404 g/mol. The minimum absolute atomic E-state index is 0.0270. The van der Waals surface area contributed by atoms with Gasteiger partial charge in [-0.05, 0) is 56.4 Å². The maximum atomic E-state index is 13.5. The minimum atomic E-state index is -0.250. The summed E-state index contributed by atoms with van der Waals surface area (Å²) in [5, 5.41) is 8.18. The number of nitrogens with one attached hydrogen (secondary N) is 1. The fourth-order valence-corrected chi connectivity index (χ4v) is 5.01. The second kappa shape index (κ2) is 9.85. The van der Waals surface area contributed by atoms with Crippen LogP contribution in [0.2, 0.25) is 0 Å². The van der Waals surface area contributed by atoms with E-state index in [1.807, 2.05) is 13.1 Å². The number of H-pyrrole nitrogens is 1. The van der Waals surface area contributed by atoms with Crippen LogP contribution in [0, 0.1) is 6.92 Å². The summed E-state index contributed by atoms with van der Waals surface area (Å²) in [6.07, 6.45) is 5.97. The minimum Gasteiger partial charge on any atom is -0.483 e. The van der Waals surface area contributed by atoms with Gasteiger partial charge in [-0.25, -0.2) is 0 Å².